The van der Waals surface area contributed by atoms with E-state index in [0.717, 1.165) is 24.1 Å². The zero-order chi connectivity index (χ0) is 12.8. The molecule has 0 saturated heterocycles. The molecule has 0 aliphatic heterocycles. The van der Waals surface area contributed by atoms with Crippen molar-refractivity contribution in [2.24, 2.45) is 0 Å². The summed E-state index contributed by atoms with van der Waals surface area (Å²) in [6, 6.07) is 4.05. The van der Waals surface area contributed by atoms with Crippen LogP contribution in [0.1, 0.15) is 42.3 Å². The average Bonchev–Trinajstić information content (AvgIpc) is 2.28. The highest BCUT2D eigenvalue weighted by molar-refractivity contribution is 5.62. The van der Waals surface area contributed by atoms with E-state index in [0.29, 0.717) is 23.6 Å². The molecule has 0 fully saturated rings. The average molecular weight is 230 g/mol. The minimum Gasteiger partial charge on any atom is -0.492 e. The second kappa shape index (κ2) is 6.05. The van der Waals surface area contributed by atoms with Crippen LogP contribution in [0.15, 0.2) is 12.6 Å². The number of aryl methyl sites for hydroxylation is 2. The zero-order valence-electron chi connectivity index (χ0n) is 10.7. The lowest BCUT2D eigenvalue weighted by atomic mass is 10.1. The van der Waals surface area contributed by atoms with Crippen molar-refractivity contribution in [3.8, 4) is 6.07 Å². The van der Waals surface area contributed by atoms with Crippen LogP contribution in [-0.4, -0.2) is 11.6 Å². The second-order valence-corrected chi connectivity index (χ2v) is 4.04. The molecule has 90 valence electrons. The van der Waals surface area contributed by atoms with Crippen LogP contribution in [0.5, 0.6) is 0 Å². The Labute approximate surface area is 103 Å². The van der Waals surface area contributed by atoms with E-state index in [1.807, 2.05) is 19.9 Å². The first-order chi connectivity index (χ1) is 8.10. The maximum Gasteiger partial charge on any atom is 0.139 e. The number of hydrogen-bond acceptors (Lipinski definition) is 3. The summed E-state index contributed by atoms with van der Waals surface area (Å²) >= 11 is 0. The van der Waals surface area contributed by atoms with Gasteiger partial charge in [0.15, 0.2) is 0 Å². The molecule has 0 unspecified atom stereocenters. The van der Waals surface area contributed by atoms with Crippen molar-refractivity contribution in [3.63, 3.8) is 0 Å². The van der Waals surface area contributed by atoms with E-state index in [1.165, 1.54) is 0 Å². The Balaban J connectivity index is 2.97. The van der Waals surface area contributed by atoms with E-state index in [-0.39, 0.29) is 0 Å². The summed E-state index contributed by atoms with van der Waals surface area (Å²) in [6.07, 6.45) is 2.05. The molecule has 0 aliphatic carbocycles. The van der Waals surface area contributed by atoms with Gasteiger partial charge in [-0.25, -0.2) is 4.98 Å². The highest BCUT2D eigenvalue weighted by Crippen LogP contribution is 2.20. The Morgan fingerprint density at radius 3 is 2.82 bits per heavy atom. The van der Waals surface area contributed by atoms with Gasteiger partial charge >= 0.3 is 0 Å². The van der Waals surface area contributed by atoms with Gasteiger partial charge in [0.2, 0.25) is 0 Å². The molecule has 0 aromatic carbocycles. The van der Waals surface area contributed by atoms with Crippen molar-refractivity contribution in [3.05, 3.63) is 35.2 Å². The van der Waals surface area contributed by atoms with Crippen LogP contribution in [0.4, 0.5) is 0 Å². The maximum atomic E-state index is 9.12. The molecule has 3 nitrogen and oxygen atoms in total. The van der Waals surface area contributed by atoms with Gasteiger partial charge < -0.3 is 4.74 Å². The van der Waals surface area contributed by atoms with Crippen LogP contribution in [-0.2, 0) is 4.74 Å². The van der Waals surface area contributed by atoms with Crippen molar-refractivity contribution in [1.82, 2.24) is 4.98 Å². The molecule has 0 saturated carbocycles. The highest BCUT2D eigenvalue weighted by Gasteiger charge is 2.12. The lowest BCUT2D eigenvalue weighted by molar-refractivity contribution is 0.270. The number of aromatic nitrogens is 1. The van der Waals surface area contributed by atoms with Crippen LogP contribution in [0, 0.1) is 25.2 Å². The Hall–Kier alpha value is -1.82. The molecule has 0 aliphatic rings. The smallest absolute Gasteiger partial charge is 0.139 e. The van der Waals surface area contributed by atoms with Gasteiger partial charge in [0.05, 0.1) is 12.2 Å². The minimum absolute atomic E-state index is 0.488. The SMILES string of the molecule is C=C(OCCCC)c1nc(C)cc(C)c1C#N. The number of rotatable bonds is 5. The molecule has 0 bridgehead atoms. The first kappa shape index (κ1) is 13.2. The maximum absolute atomic E-state index is 9.12. The first-order valence-corrected chi connectivity index (χ1v) is 5.80. The van der Waals surface area contributed by atoms with Crippen LogP contribution in [0.25, 0.3) is 5.76 Å². The largest absolute Gasteiger partial charge is 0.492 e. The summed E-state index contributed by atoms with van der Waals surface area (Å²) in [5.41, 5.74) is 2.91. The normalized spacial score (nSPS) is 9.76. The quantitative estimate of drug-likeness (QED) is 0.575. The van der Waals surface area contributed by atoms with Crippen molar-refractivity contribution in [2.75, 3.05) is 6.61 Å². The van der Waals surface area contributed by atoms with E-state index >= 15 is 0 Å². The lowest BCUT2D eigenvalue weighted by Gasteiger charge is -2.11. The van der Waals surface area contributed by atoms with Gasteiger partial charge in [0.1, 0.15) is 17.5 Å². The van der Waals surface area contributed by atoms with Gasteiger partial charge in [0, 0.05) is 5.69 Å². The van der Waals surface area contributed by atoms with Gasteiger partial charge in [0.25, 0.3) is 0 Å². The molecule has 17 heavy (non-hydrogen) atoms. The molecule has 1 heterocycles. The van der Waals surface area contributed by atoms with E-state index in [1.54, 1.807) is 0 Å². The van der Waals surface area contributed by atoms with Crippen molar-refractivity contribution < 1.29 is 4.74 Å². The number of nitriles is 1. The Morgan fingerprint density at radius 2 is 2.24 bits per heavy atom. The second-order valence-electron chi connectivity index (χ2n) is 4.04. The van der Waals surface area contributed by atoms with Crippen LogP contribution < -0.4 is 0 Å². The van der Waals surface area contributed by atoms with Gasteiger partial charge in [-0.3, -0.25) is 0 Å². The van der Waals surface area contributed by atoms with Gasteiger partial charge in [-0.2, -0.15) is 5.26 Å². The molecule has 0 radical (unpaired) electrons. The molecular weight excluding hydrogens is 212 g/mol. The molecular formula is C14H18N2O. The molecule has 3 heteroatoms. The molecule has 0 N–H and O–H groups in total. The summed E-state index contributed by atoms with van der Waals surface area (Å²) in [4.78, 5) is 4.34. The first-order valence-electron chi connectivity index (χ1n) is 5.80. The Bertz CT molecular complexity index is 458. The van der Waals surface area contributed by atoms with E-state index in [2.05, 4.69) is 24.6 Å². The van der Waals surface area contributed by atoms with E-state index < -0.39 is 0 Å². The van der Waals surface area contributed by atoms with Crippen LogP contribution in [0.2, 0.25) is 0 Å². The predicted molar refractivity (Wildman–Crippen MR) is 68.3 cm³/mol. The number of unbranched alkanes of at least 4 members (excludes halogenated alkanes) is 1. The van der Waals surface area contributed by atoms with Crippen LogP contribution in [0.3, 0.4) is 0 Å². The predicted octanol–water partition coefficient (Wildman–Crippen LogP) is 3.36. The van der Waals surface area contributed by atoms with Crippen molar-refractivity contribution >= 4 is 5.76 Å². The molecule has 1 aromatic heterocycles. The molecule has 0 amide bonds. The third-order valence-corrected chi connectivity index (χ3v) is 2.49. The summed E-state index contributed by atoms with van der Waals surface area (Å²) in [5.74, 6) is 0.488. The van der Waals surface area contributed by atoms with E-state index in [9.17, 15) is 0 Å². The fourth-order valence-corrected chi connectivity index (χ4v) is 1.59. The third-order valence-electron chi connectivity index (χ3n) is 2.49. The zero-order valence-corrected chi connectivity index (χ0v) is 10.7. The minimum atomic E-state index is 0.488. The lowest BCUT2D eigenvalue weighted by Crippen LogP contribution is -2.02. The van der Waals surface area contributed by atoms with Crippen LogP contribution >= 0.6 is 0 Å². The third kappa shape index (κ3) is 3.32. The summed E-state index contributed by atoms with van der Waals surface area (Å²) < 4.78 is 5.51. The van der Waals surface area contributed by atoms with Gasteiger partial charge in [-0.1, -0.05) is 19.9 Å². The fourth-order valence-electron chi connectivity index (χ4n) is 1.59. The Kier molecular flexibility index (Phi) is 4.71. The topological polar surface area (TPSA) is 45.9 Å². The number of hydrogen-bond donors (Lipinski definition) is 0. The number of nitrogens with zero attached hydrogens (tertiary/aromatic N) is 2. The molecule has 0 spiro atoms. The highest BCUT2D eigenvalue weighted by atomic mass is 16.5. The number of pyridine rings is 1. The van der Waals surface area contributed by atoms with E-state index in [4.69, 9.17) is 10.00 Å². The standard InChI is InChI=1S/C14H18N2O/c1-5-6-7-17-12(4)14-13(9-15)10(2)8-11(3)16-14/h8H,4-7H2,1-3H3. The van der Waals surface area contributed by atoms with Gasteiger partial charge in [-0.05, 0) is 31.9 Å². The van der Waals surface area contributed by atoms with Crippen molar-refractivity contribution in [2.45, 2.75) is 33.6 Å². The molecule has 0 atom stereocenters. The number of ether oxygens (including phenoxy) is 1. The summed E-state index contributed by atoms with van der Waals surface area (Å²) in [7, 11) is 0. The molecule has 1 rings (SSSR count). The summed E-state index contributed by atoms with van der Waals surface area (Å²) in [5, 5.41) is 9.12. The Morgan fingerprint density at radius 1 is 1.53 bits per heavy atom. The fraction of sp³-hybridized carbons (Fsp3) is 0.429. The monoisotopic (exact) mass is 230 g/mol. The van der Waals surface area contributed by atoms with Crippen molar-refractivity contribution in [1.29, 1.82) is 5.26 Å². The summed E-state index contributed by atoms with van der Waals surface area (Å²) in [6.45, 7) is 10.4. The molecule has 1 aromatic rings. The van der Waals surface area contributed by atoms with Gasteiger partial charge in [-0.15, -0.1) is 0 Å².